The third-order valence-electron chi connectivity index (χ3n) is 1.28. The number of carbonyl (C=O) groups is 2. The Morgan fingerprint density at radius 3 is 2.33 bits per heavy atom. The van der Waals surface area contributed by atoms with Crippen molar-refractivity contribution in [3.8, 4) is 0 Å². The molecule has 0 radical (unpaired) electrons. The SMILES string of the molecule is O=C1C=C(C(F)(F)F)CC(=O)N1. The summed E-state index contributed by atoms with van der Waals surface area (Å²) >= 11 is 0. The smallest absolute Gasteiger partial charge is 0.293 e. The van der Waals surface area contributed by atoms with Crippen molar-refractivity contribution in [2.45, 2.75) is 12.6 Å². The zero-order chi connectivity index (χ0) is 9.35. The molecule has 1 heterocycles. The Hall–Kier alpha value is -1.33. The van der Waals surface area contributed by atoms with Gasteiger partial charge in [-0.1, -0.05) is 0 Å². The van der Waals surface area contributed by atoms with Crippen LogP contribution in [0.15, 0.2) is 11.6 Å². The van der Waals surface area contributed by atoms with Crippen LogP contribution in [0, 0.1) is 0 Å². The molecule has 0 aromatic heterocycles. The first-order chi connectivity index (χ1) is 5.39. The first-order valence-corrected chi connectivity index (χ1v) is 3.01. The lowest BCUT2D eigenvalue weighted by Crippen LogP contribution is -2.36. The highest BCUT2D eigenvalue weighted by atomic mass is 19.4. The molecule has 66 valence electrons. The third kappa shape index (κ3) is 1.84. The van der Waals surface area contributed by atoms with E-state index in [-0.39, 0.29) is 0 Å². The average molecular weight is 179 g/mol. The summed E-state index contributed by atoms with van der Waals surface area (Å²) in [4.78, 5) is 20.9. The minimum absolute atomic E-state index is 0.390. The fraction of sp³-hybridized carbons (Fsp3) is 0.333. The summed E-state index contributed by atoms with van der Waals surface area (Å²) in [5.74, 6) is -1.94. The summed E-state index contributed by atoms with van der Waals surface area (Å²) in [6.07, 6.45) is -4.98. The van der Waals surface area contributed by atoms with Gasteiger partial charge in [0.05, 0.1) is 6.42 Å². The molecule has 0 atom stereocenters. The molecule has 1 rings (SSSR count). The molecule has 2 amide bonds. The van der Waals surface area contributed by atoms with Gasteiger partial charge in [0.1, 0.15) is 0 Å². The lowest BCUT2D eigenvalue weighted by molar-refractivity contribution is -0.133. The molecule has 0 aromatic rings. The minimum atomic E-state index is -4.59. The predicted molar refractivity (Wildman–Crippen MR) is 31.9 cm³/mol. The van der Waals surface area contributed by atoms with Crippen LogP contribution in [0.25, 0.3) is 0 Å². The number of hydrogen-bond acceptors (Lipinski definition) is 2. The molecular weight excluding hydrogens is 175 g/mol. The fourth-order valence-corrected chi connectivity index (χ4v) is 0.782. The number of halogens is 3. The molecule has 0 aromatic carbocycles. The molecule has 12 heavy (non-hydrogen) atoms. The minimum Gasteiger partial charge on any atom is -0.293 e. The summed E-state index contributed by atoms with van der Waals surface area (Å²) < 4.78 is 35.7. The molecule has 0 unspecified atom stereocenters. The van der Waals surface area contributed by atoms with Gasteiger partial charge in [0.15, 0.2) is 0 Å². The molecule has 0 saturated heterocycles. The molecule has 0 saturated carbocycles. The standard InChI is InChI=1S/C6H4F3NO2/c7-6(8,9)3-1-4(11)10-5(12)2-3/h1H,2H2,(H,10,11,12). The fourth-order valence-electron chi connectivity index (χ4n) is 0.782. The quantitative estimate of drug-likeness (QED) is 0.551. The van der Waals surface area contributed by atoms with Crippen molar-refractivity contribution < 1.29 is 22.8 Å². The maximum Gasteiger partial charge on any atom is 0.413 e. The van der Waals surface area contributed by atoms with E-state index in [4.69, 9.17) is 0 Å². The molecule has 0 bridgehead atoms. The Morgan fingerprint density at radius 1 is 1.33 bits per heavy atom. The lowest BCUT2D eigenvalue weighted by Gasteiger charge is -2.14. The van der Waals surface area contributed by atoms with Gasteiger partial charge in [0.25, 0.3) is 5.91 Å². The zero-order valence-electron chi connectivity index (χ0n) is 5.73. The van der Waals surface area contributed by atoms with Crippen LogP contribution in [0.5, 0.6) is 0 Å². The van der Waals surface area contributed by atoms with Crippen molar-refractivity contribution in [3.05, 3.63) is 11.6 Å². The second-order valence-corrected chi connectivity index (χ2v) is 2.26. The number of rotatable bonds is 0. The first-order valence-electron chi connectivity index (χ1n) is 3.01. The first kappa shape index (κ1) is 8.76. The second-order valence-electron chi connectivity index (χ2n) is 2.26. The largest absolute Gasteiger partial charge is 0.413 e. The monoisotopic (exact) mass is 179 g/mol. The highest BCUT2D eigenvalue weighted by Crippen LogP contribution is 2.28. The van der Waals surface area contributed by atoms with Gasteiger partial charge in [-0.05, 0) is 0 Å². The summed E-state index contributed by atoms with van der Waals surface area (Å²) in [5.41, 5.74) is -1.10. The number of carbonyl (C=O) groups excluding carboxylic acids is 2. The second kappa shape index (κ2) is 2.62. The van der Waals surface area contributed by atoms with Crippen molar-refractivity contribution >= 4 is 11.8 Å². The number of hydrogen-bond donors (Lipinski definition) is 1. The predicted octanol–water partition coefficient (Wildman–Crippen LogP) is 0.522. The number of alkyl halides is 3. The molecule has 0 fully saturated rings. The van der Waals surface area contributed by atoms with Gasteiger partial charge in [-0.25, -0.2) is 0 Å². The number of amides is 2. The zero-order valence-corrected chi connectivity index (χ0v) is 5.73. The van der Waals surface area contributed by atoms with Crippen molar-refractivity contribution in [1.82, 2.24) is 5.32 Å². The van der Waals surface area contributed by atoms with Crippen LogP contribution in [0.4, 0.5) is 13.2 Å². The Labute approximate surface area is 65.2 Å². The van der Waals surface area contributed by atoms with E-state index in [9.17, 15) is 22.8 Å². The van der Waals surface area contributed by atoms with E-state index in [2.05, 4.69) is 0 Å². The topological polar surface area (TPSA) is 46.2 Å². The van der Waals surface area contributed by atoms with Crippen LogP contribution in [0.3, 0.4) is 0 Å². The van der Waals surface area contributed by atoms with E-state index in [1.54, 1.807) is 5.32 Å². The molecular formula is C6H4F3NO2. The third-order valence-corrected chi connectivity index (χ3v) is 1.28. The Kier molecular flexibility index (Phi) is 1.91. The van der Waals surface area contributed by atoms with Crippen LogP contribution in [-0.2, 0) is 9.59 Å². The maximum atomic E-state index is 11.9. The highest BCUT2D eigenvalue weighted by Gasteiger charge is 2.37. The van der Waals surface area contributed by atoms with Gasteiger partial charge in [-0.15, -0.1) is 0 Å². The van der Waals surface area contributed by atoms with Gasteiger partial charge >= 0.3 is 6.18 Å². The van der Waals surface area contributed by atoms with Gasteiger partial charge < -0.3 is 0 Å². The molecule has 6 heteroatoms. The maximum absolute atomic E-state index is 11.9. The van der Waals surface area contributed by atoms with Crippen molar-refractivity contribution in [1.29, 1.82) is 0 Å². The van der Waals surface area contributed by atoms with Gasteiger partial charge in [0.2, 0.25) is 5.91 Å². The van der Waals surface area contributed by atoms with E-state index in [0.717, 1.165) is 0 Å². The van der Waals surface area contributed by atoms with Crippen LogP contribution < -0.4 is 5.32 Å². The number of imide groups is 1. The average Bonchev–Trinajstić information content (AvgIpc) is 1.82. The van der Waals surface area contributed by atoms with E-state index in [1.807, 2.05) is 0 Å². The highest BCUT2D eigenvalue weighted by molar-refractivity contribution is 6.05. The molecule has 1 N–H and O–H groups in total. The summed E-state index contributed by atoms with van der Waals surface area (Å²) in [6, 6.07) is 0. The van der Waals surface area contributed by atoms with Gasteiger partial charge in [0, 0.05) is 11.6 Å². The molecule has 0 spiro atoms. The van der Waals surface area contributed by atoms with Gasteiger partial charge in [-0.3, -0.25) is 14.9 Å². The van der Waals surface area contributed by atoms with E-state index in [0.29, 0.717) is 6.08 Å². The molecule has 0 aliphatic carbocycles. The van der Waals surface area contributed by atoms with Crippen LogP contribution in [-0.4, -0.2) is 18.0 Å². The molecule has 1 aliphatic rings. The van der Waals surface area contributed by atoms with Gasteiger partial charge in [-0.2, -0.15) is 13.2 Å². The van der Waals surface area contributed by atoms with Crippen molar-refractivity contribution in [2.24, 2.45) is 0 Å². The molecule has 1 aliphatic heterocycles. The van der Waals surface area contributed by atoms with E-state index >= 15 is 0 Å². The van der Waals surface area contributed by atoms with Crippen molar-refractivity contribution in [2.75, 3.05) is 0 Å². The number of nitrogens with one attached hydrogen (secondary N) is 1. The Bertz CT molecular complexity index is 266. The van der Waals surface area contributed by atoms with Crippen LogP contribution in [0.2, 0.25) is 0 Å². The summed E-state index contributed by atoms with van der Waals surface area (Å²) in [6.45, 7) is 0. The summed E-state index contributed by atoms with van der Waals surface area (Å²) in [5, 5.41) is 1.73. The van der Waals surface area contributed by atoms with Crippen molar-refractivity contribution in [3.63, 3.8) is 0 Å². The molecule has 3 nitrogen and oxygen atoms in total. The van der Waals surface area contributed by atoms with E-state index in [1.165, 1.54) is 0 Å². The Balaban J connectivity index is 2.92. The summed E-state index contributed by atoms with van der Waals surface area (Å²) in [7, 11) is 0. The Morgan fingerprint density at radius 2 is 1.92 bits per heavy atom. The van der Waals surface area contributed by atoms with Crippen LogP contribution in [0.1, 0.15) is 6.42 Å². The van der Waals surface area contributed by atoms with Crippen LogP contribution >= 0.6 is 0 Å². The van der Waals surface area contributed by atoms with E-state index < -0.39 is 30.0 Å². The normalized spacial score (nSPS) is 18.8. The lowest BCUT2D eigenvalue weighted by atomic mass is 10.1.